The number of hydrogen-bond acceptors (Lipinski definition) is 5. The summed E-state index contributed by atoms with van der Waals surface area (Å²) in [5, 5.41) is 1.01. The molecule has 1 saturated heterocycles. The third-order valence-electron chi connectivity index (χ3n) is 3.39. The Kier molecular flexibility index (Phi) is 4.33. The smallest absolute Gasteiger partial charge is 0.266 e. The quantitative estimate of drug-likeness (QED) is 0.631. The Morgan fingerprint density at radius 1 is 1.45 bits per heavy atom. The number of amides is 1. The van der Waals surface area contributed by atoms with Crippen LogP contribution in [0.2, 0.25) is 0 Å². The number of benzene rings is 1. The number of methoxy groups -OCH3 is 1. The molecule has 0 radical (unpaired) electrons. The second-order valence-electron chi connectivity index (χ2n) is 5.04. The molecule has 0 aliphatic carbocycles. The molecule has 22 heavy (non-hydrogen) atoms. The number of rotatable bonds is 4. The summed E-state index contributed by atoms with van der Waals surface area (Å²) < 4.78 is 11.4. The van der Waals surface area contributed by atoms with Crippen LogP contribution in [0.4, 0.5) is 0 Å². The molecular formula is C16H15NO3S2. The first-order chi connectivity index (χ1) is 10.6. The van der Waals surface area contributed by atoms with Gasteiger partial charge in [0.05, 0.1) is 17.6 Å². The molecule has 2 heterocycles. The highest BCUT2D eigenvalue weighted by Gasteiger charge is 2.35. The van der Waals surface area contributed by atoms with E-state index in [1.54, 1.807) is 18.1 Å². The van der Waals surface area contributed by atoms with Crippen molar-refractivity contribution < 1.29 is 13.9 Å². The van der Waals surface area contributed by atoms with Gasteiger partial charge >= 0.3 is 0 Å². The van der Waals surface area contributed by atoms with Crippen molar-refractivity contribution in [1.29, 1.82) is 0 Å². The largest absolute Gasteiger partial charge is 0.457 e. The first-order valence-corrected chi connectivity index (χ1v) is 8.07. The standard InChI is InChI=1S/C16H15NO3S2/c1-10(9-19-2)17-15(18)14(22-16(17)21)8-12-7-11-5-3-4-6-13(11)20-12/h3-8,10H,9H2,1-2H3/b14-8+. The van der Waals surface area contributed by atoms with Gasteiger partial charge in [0.1, 0.15) is 15.7 Å². The summed E-state index contributed by atoms with van der Waals surface area (Å²) in [7, 11) is 1.61. The molecule has 1 unspecified atom stereocenters. The number of nitrogens with zero attached hydrogens (tertiary/aromatic N) is 1. The van der Waals surface area contributed by atoms with E-state index in [4.69, 9.17) is 21.4 Å². The summed E-state index contributed by atoms with van der Waals surface area (Å²) in [4.78, 5) is 14.7. The molecule has 4 nitrogen and oxygen atoms in total. The fourth-order valence-electron chi connectivity index (χ4n) is 2.38. The maximum atomic E-state index is 12.5. The first-order valence-electron chi connectivity index (χ1n) is 6.84. The minimum absolute atomic E-state index is 0.0842. The number of furan rings is 1. The number of carbonyl (C=O) groups is 1. The normalized spacial score (nSPS) is 18.6. The SMILES string of the molecule is COCC(C)N1C(=O)/C(=C\c2cc3ccccc3o2)SC1=S. The number of thiocarbonyl (C=S) groups is 1. The number of para-hydroxylation sites is 1. The van der Waals surface area contributed by atoms with Crippen LogP contribution in [-0.4, -0.2) is 34.9 Å². The molecule has 0 N–H and O–H groups in total. The Hall–Kier alpha value is -1.63. The lowest BCUT2D eigenvalue weighted by molar-refractivity contribution is -0.124. The van der Waals surface area contributed by atoms with Gasteiger partial charge in [0.25, 0.3) is 5.91 Å². The van der Waals surface area contributed by atoms with E-state index < -0.39 is 0 Å². The number of ether oxygens (including phenoxy) is 1. The van der Waals surface area contributed by atoms with E-state index in [1.807, 2.05) is 37.3 Å². The summed E-state index contributed by atoms with van der Waals surface area (Å²) in [6.45, 7) is 2.36. The summed E-state index contributed by atoms with van der Waals surface area (Å²) in [5.41, 5.74) is 0.803. The molecule has 0 saturated carbocycles. The van der Waals surface area contributed by atoms with Crippen LogP contribution >= 0.6 is 24.0 Å². The van der Waals surface area contributed by atoms with Crippen LogP contribution in [0.25, 0.3) is 17.0 Å². The van der Waals surface area contributed by atoms with E-state index in [0.29, 0.717) is 21.6 Å². The van der Waals surface area contributed by atoms with Crippen LogP contribution < -0.4 is 0 Å². The van der Waals surface area contributed by atoms with Crippen molar-refractivity contribution >= 4 is 51.3 Å². The van der Waals surface area contributed by atoms with E-state index in [1.165, 1.54) is 11.8 Å². The molecular weight excluding hydrogens is 318 g/mol. The second-order valence-corrected chi connectivity index (χ2v) is 6.72. The van der Waals surface area contributed by atoms with E-state index in [0.717, 1.165) is 11.0 Å². The van der Waals surface area contributed by atoms with Gasteiger partial charge < -0.3 is 9.15 Å². The Morgan fingerprint density at radius 2 is 2.23 bits per heavy atom. The average Bonchev–Trinajstić information content (AvgIpc) is 3.00. The van der Waals surface area contributed by atoms with E-state index >= 15 is 0 Å². The van der Waals surface area contributed by atoms with Crippen molar-refractivity contribution in [3.63, 3.8) is 0 Å². The van der Waals surface area contributed by atoms with Crippen LogP contribution in [0.3, 0.4) is 0 Å². The molecule has 1 aromatic heterocycles. The number of fused-ring (bicyclic) bond motifs is 1. The summed E-state index contributed by atoms with van der Waals surface area (Å²) in [6, 6.07) is 9.58. The third kappa shape index (κ3) is 2.82. The summed E-state index contributed by atoms with van der Waals surface area (Å²) in [6.07, 6.45) is 1.75. The van der Waals surface area contributed by atoms with Gasteiger partial charge in [0.15, 0.2) is 0 Å². The van der Waals surface area contributed by atoms with Crippen molar-refractivity contribution in [2.24, 2.45) is 0 Å². The Balaban J connectivity index is 1.88. The van der Waals surface area contributed by atoms with Gasteiger partial charge in [-0.05, 0) is 19.1 Å². The lowest BCUT2D eigenvalue weighted by atomic mass is 10.2. The highest BCUT2D eigenvalue weighted by Crippen LogP contribution is 2.34. The van der Waals surface area contributed by atoms with Gasteiger partial charge in [-0.15, -0.1) is 0 Å². The van der Waals surface area contributed by atoms with Gasteiger partial charge in [-0.2, -0.15) is 0 Å². The molecule has 6 heteroatoms. The van der Waals surface area contributed by atoms with Gasteiger partial charge in [0, 0.05) is 18.6 Å². The molecule has 3 rings (SSSR count). The van der Waals surface area contributed by atoms with Crippen LogP contribution in [0.1, 0.15) is 12.7 Å². The average molecular weight is 333 g/mol. The minimum atomic E-state index is -0.0972. The Bertz CT molecular complexity index is 733. The van der Waals surface area contributed by atoms with Gasteiger partial charge in [-0.25, -0.2) is 0 Å². The van der Waals surface area contributed by atoms with Crippen molar-refractivity contribution in [3.8, 4) is 0 Å². The van der Waals surface area contributed by atoms with Crippen molar-refractivity contribution in [2.75, 3.05) is 13.7 Å². The summed E-state index contributed by atoms with van der Waals surface area (Å²) in [5.74, 6) is 0.557. The Labute approximate surface area is 138 Å². The molecule has 1 fully saturated rings. The zero-order valence-electron chi connectivity index (χ0n) is 12.2. The second kappa shape index (κ2) is 6.24. The maximum absolute atomic E-state index is 12.5. The van der Waals surface area contributed by atoms with Crippen LogP contribution in [-0.2, 0) is 9.53 Å². The molecule has 2 aromatic rings. The number of carbonyl (C=O) groups excluding carboxylic acids is 1. The summed E-state index contributed by atoms with van der Waals surface area (Å²) >= 11 is 6.60. The number of hydrogen-bond donors (Lipinski definition) is 0. The third-order valence-corrected chi connectivity index (χ3v) is 4.72. The van der Waals surface area contributed by atoms with Crippen LogP contribution in [0.15, 0.2) is 39.7 Å². The lowest BCUT2D eigenvalue weighted by Crippen LogP contribution is -2.39. The highest BCUT2D eigenvalue weighted by atomic mass is 32.2. The molecule has 0 spiro atoms. The van der Waals surface area contributed by atoms with Crippen molar-refractivity contribution in [2.45, 2.75) is 13.0 Å². The molecule has 0 bridgehead atoms. The predicted octanol–water partition coefficient (Wildman–Crippen LogP) is 3.67. The van der Waals surface area contributed by atoms with E-state index in [9.17, 15) is 4.79 Å². The van der Waals surface area contributed by atoms with Crippen molar-refractivity contribution in [3.05, 3.63) is 41.0 Å². The fourth-order valence-corrected chi connectivity index (χ4v) is 3.82. The molecule has 1 aliphatic heterocycles. The molecule has 1 atom stereocenters. The van der Waals surface area contributed by atoms with Gasteiger partial charge in [0.2, 0.25) is 0 Å². The Morgan fingerprint density at radius 3 is 2.95 bits per heavy atom. The molecule has 1 amide bonds. The monoisotopic (exact) mass is 333 g/mol. The first kappa shape index (κ1) is 15.3. The number of thioether (sulfide) groups is 1. The molecule has 1 aliphatic rings. The lowest BCUT2D eigenvalue weighted by Gasteiger charge is -2.22. The molecule has 114 valence electrons. The minimum Gasteiger partial charge on any atom is -0.457 e. The van der Waals surface area contributed by atoms with Crippen LogP contribution in [0.5, 0.6) is 0 Å². The van der Waals surface area contributed by atoms with Crippen LogP contribution in [0, 0.1) is 0 Å². The molecule has 1 aromatic carbocycles. The van der Waals surface area contributed by atoms with Gasteiger partial charge in [-0.1, -0.05) is 42.2 Å². The zero-order chi connectivity index (χ0) is 15.7. The van der Waals surface area contributed by atoms with E-state index in [-0.39, 0.29) is 11.9 Å². The van der Waals surface area contributed by atoms with E-state index in [2.05, 4.69) is 0 Å². The topological polar surface area (TPSA) is 42.7 Å². The predicted molar refractivity (Wildman–Crippen MR) is 92.6 cm³/mol. The highest BCUT2D eigenvalue weighted by molar-refractivity contribution is 8.26. The maximum Gasteiger partial charge on any atom is 0.266 e. The van der Waals surface area contributed by atoms with Gasteiger partial charge in [-0.3, -0.25) is 9.69 Å². The van der Waals surface area contributed by atoms with Crippen molar-refractivity contribution in [1.82, 2.24) is 4.90 Å². The fraction of sp³-hybridized carbons (Fsp3) is 0.250. The zero-order valence-corrected chi connectivity index (χ0v) is 13.9.